The number of fused-ring (bicyclic) bond motifs is 2. The lowest BCUT2D eigenvalue weighted by atomic mass is 10.1. The first-order valence-electron chi connectivity index (χ1n) is 14.0. The number of unbranched alkanes of at least 4 members (excludes halogenated alkanes) is 5. The molecule has 4 rings (SSSR count). The van der Waals surface area contributed by atoms with Crippen molar-refractivity contribution in [3.8, 4) is 0 Å². The molecule has 0 fully saturated rings. The maximum atomic E-state index is 12.3. The minimum atomic E-state index is -0.521. The number of rotatable bonds is 15. The Morgan fingerprint density at radius 3 is 1.21 bits per heavy atom. The average molecular weight is 573 g/mol. The molecular weight excluding hydrogens is 540 g/mol. The zero-order valence-electron chi connectivity index (χ0n) is 23.2. The molecule has 4 amide bonds. The average Bonchev–Trinajstić information content (AvgIpc) is 3.38. The summed E-state index contributed by atoms with van der Waals surface area (Å²) in [6, 6.07) is 13.2. The quantitative estimate of drug-likeness (QED) is 0.135. The molecule has 0 unspecified atom stereocenters. The lowest BCUT2D eigenvalue weighted by molar-refractivity contribution is -0.138. The molecule has 0 saturated heterocycles. The first-order valence-corrected chi connectivity index (χ1v) is 14.0. The third kappa shape index (κ3) is 7.45. The van der Waals surface area contributed by atoms with Gasteiger partial charge in [-0.15, -0.1) is 0 Å². The highest BCUT2D eigenvalue weighted by Gasteiger charge is 2.35. The van der Waals surface area contributed by atoms with Crippen LogP contribution in [0.15, 0.2) is 72.8 Å². The van der Waals surface area contributed by atoms with Crippen molar-refractivity contribution in [3.63, 3.8) is 0 Å². The Hall–Kier alpha value is -4.86. The Morgan fingerprint density at radius 1 is 0.548 bits per heavy atom. The monoisotopic (exact) mass is 572 g/mol. The van der Waals surface area contributed by atoms with Crippen LogP contribution in [0, 0.1) is 0 Å². The van der Waals surface area contributed by atoms with Gasteiger partial charge in [-0.3, -0.25) is 29.0 Å². The van der Waals surface area contributed by atoms with Crippen LogP contribution in [-0.2, 0) is 19.1 Å². The maximum absolute atomic E-state index is 12.3. The Kier molecular flexibility index (Phi) is 10.5. The fraction of sp³-hybridized carbons (Fsp3) is 0.312. The van der Waals surface area contributed by atoms with E-state index in [1.54, 1.807) is 60.7 Å². The molecule has 0 bridgehead atoms. The van der Waals surface area contributed by atoms with Crippen molar-refractivity contribution < 1.29 is 38.2 Å². The molecule has 2 aromatic rings. The molecule has 2 heterocycles. The van der Waals surface area contributed by atoms with Crippen molar-refractivity contribution >= 4 is 35.6 Å². The van der Waals surface area contributed by atoms with Crippen LogP contribution in [0.5, 0.6) is 0 Å². The fourth-order valence-electron chi connectivity index (χ4n) is 4.69. The summed E-state index contributed by atoms with van der Waals surface area (Å²) in [5.41, 5.74) is 1.45. The normalized spacial score (nSPS) is 14.3. The third-order valence-electron chi connectivity index (χ3n) is 6.87. The van der Waals surface area contributed by atoms with Crippen LogP contribution in [-0.4, -0.2) is 71.7 Å². The van der Waals surface area contributed by atoms with E-state index in [-0.39, 0.29) is 49.9 Å². The van der Waals surface area contributed by atoms with Gasteiger partial charge < -0.3 is 9.47 Å². The standard InChI is InChI=1S/C32H32N2O8/c35-27(41-21-19-33-29(37)23-13-9-10-14-24(23)30(33)38)17-7-5-3-1-2-4-6-8-18-28(36)42-22-20-34-31(39)25-15-11-12-16-26(25)32(34)40/h7-18H,1-6,19-22H2. The number of benzene rings is 2. The van der Waals surface area contributed by atoms with Crippen molar-refractivity contribution in [1.82, 2.24) is 9.80 Å². The Balaban J connectivity index is 0.987. The van der Waals surface area contributed by atoms with Crippen LogP contribution in [0.4, 0.5) is 0 Å². The zero-order chi connectivity index (χ0) is 29.9. The van der Waals surface area contributed by atoms with Crippen molar-refractivity contribution in [2.75, 3.05) is 26.3 Å². The predicted octanol–water partition coefficient (Wildman–Crippen LogP) is 4.12. The van der Waals surface area contributed by atoms with Crippen molar-refractivity contribution in [2.45, 2.75) is 38.5 Å². The molecular formula is C32H32N2O8. The maximum Gasteiger partial charge on any atom is 0.330 e. The summed E-state index contributed by atoms with van der Waals surface area (Å²) in [6.07, 6.45) is 11.3. The van der Waals surface area contributed by atoms with Crippen LogP contribution in [0.1, 0.15) is 80.0 Å². The molecule has 10 nitrogen and oxygen atoms in total. The molecule has 2 aliphatic rings. The smallest absolute Gasteiger partial charge is 0.330 e. The summed E-state index contributed by atoms with van der Waals surface area (Å²) in [6.45, 7) is -0.119. The molecule has 0 aliphatic carbocycles. The van der Waals surface area contributed by atoms with E-state index in [1.165, 1.54) is 12.2 Å². The number of esters is 2. The molecule has 42 heavy (non-hydrogen) atoms. The second kappa shape index (κ2) is 14.7. The SMILES string of the molecule is O=C(C=CCCCCCCC=CC(=O)OCCN1C(=O)c2ccccc2C1=O)OCCN1C(=O)c2ccccc2C1=O. The number of hydrogen-bond donors (Lipinski definition) is 0. The van der Waals surface area contributed by atoms with Gasteiger partial charge >= 0.3 is 11.9 Å². The number of nitrogens with zero attached hydrogens (tertiary/aromatic N) is 2. The van der Waals surface area contributed by atoms with E-state index in [1.807, 2.05) is 0 Å². The molecule has 0 saturated carbocycles. The molecule has 0 atom stereocenters. The second-order valence-corrected chi connectivity index (χ2v) is 9.75. The van der Waals surface area contributed by atoms with Gasteiger partial charge in [0.2, 0.25) is 0 Å². The predicted molar refractivity (Wildman–Crippen MR) is 152 cm³/mol. The largest absolute Gasteiger partial charge is 0.461 e. The number of carbonyl (C=O) groups excluding carboxylic acids is 6. The summed E-state index contributed by atoms with van der Waals surface area (Å²) in [5.74, 6) is -2.56. The van der Waals surface area contributed by atoms with Gasteiger partial charge in [0.25, 0.3) is 23.6 Å². The van der Waals surface area contributed by atoms with E-state index >= 15 is 0 Å². The van der Waals surface area contributed by atoms with E-state index in [4.69, 9.17) is 9.47 Å². The van der Waals surface area contributed by atoms with Crippen LogP contribution < -0.4 is 0 Å². The Labute approximate surface area is 243 Å². The number of allylic oxidation sites excluding steroid dienone is 2. The van der Waals surface area contributed by atoms with E-state index in [2.05, 4.69) is 0 Å². The molecule has 218 valence electrons. The summed E-state index contributed by atoms with van der Waals surface area (Å²) in [7, 11) is 0. The third-order valence-corrected chi connectivity index (χ3v) is 6.87. The molecule has 2 aromatic carbocycles. The lowest BCUT2D eigenvalue weighted by Crippen LogP contribution is -2.33. The highest BCUT2D eigenvalue weighted by atomic mass is 16.5. The van der Waals surface area contributed by atoms with E-state index < -0.39 is 11.9 Å². The second-order valence-electron chi connectivity index (χ2n) is 9.75. The van der Waals surface area contributed by atoms with Gasteiger partial charge in [-0.05, 0) is 49.9 Å². The molecule has 0 N–H and O–H groups in total. The van der Waals surface area contributed by atoms with Gasteiger partial charge in [-0.2, -0.15) is 0 Å². The summed E-state index contributed by atoms with van der Waals surface area (Å²) >= 11 is 0. The molecule has 0 radical (unpaired) electrons. The molecule has 0 aromatic heterocycles. The van der Waals surface area contributed by atoms with Gasteiger partial charge in [0.15, 0.2) is 0 Å². The number of hydrogen-bond acceptors (Lipinski definition) is 8. The van der Waals surface area contributed by atoms with E-state index in [9.17, 15) is 28.8 Å². The van der Waals surface area contributed by atoms with Gasteiger partial charge in [0, 0.05) is 12.2 Å². The van der Waals surface area contributed by atoms with Crippen LogP contribution in [0.3, 0.4) is 0 Å². The van der Waals surface area contributed by atoms with Crippen LogP contribution >= 0.6 is 0 Å². The first kappa shape index (κ1) is 30.1. The van der Waals surface area contributed by atoms with Gasteiger partial charge in [0.1, 0.15) is 13.2 Å². The van der Waals surface area contributed by atoms with Crippen molar-refractivity contribution in [2.24, 2.45) is 0 Å². The summed E-state index contributed by atoms with van der Waals surface area (Å²) in [4.78, 5) is 75.2. The minimum Gasteiger partial charge on any atom is -0.461 e. The summed E-state index contributed by atoms with van der Waals surface area (Å²) in [5, 5.41) is 0. The Bertz CT molecular complexity index is 1250. The highest BCUT2D eigenvalue weighted by molar-refractivity contribution is 6.22. The first-order chi connectivity index (χ1) is 20.4. The number of ether oxygens (including phenoxy) is 2. The summed E-state index contributed by atoms with van der Waals surface area (Å²) < 4.78 is 10.2. The van der Waals surface area contributed by atoms with Crippen LogP contribution in [0.2, 0.25) is 0 Å². The zero-order valence-corrected chi connectivity index (χ0v) is 23.2. The number of carbonyl (C=O) groups is 6. The topological polar surface area (TPSA) is 127 Å². The minimum absolute atomic E-state index is 0.00790. The number of amides is 4. The van der Waals surface area contributed by atoms with E-state index in [0.717, 1.165) is 35.5 Å². The molecule has 10 heteroatoms. The molecule has 2 aliphatic heterocycles. The van der Waals surface area contributed by atoms with Crippen LogP contribution in [0.25, 0.3) is 0 Å². The molecule has 0 spiro atoms. The highest BCUT2D eigenvalue weighted by Crippen LogP contribution is 2.23. The van der Waals surface area contributed by atoms with E-state index in [0.29, 0.717) is 35.1 Å². The Morgan fingerprint density at radius 2 is 0.881 bits per heavy atom. The fourth-order valence-corrected chi connectivity index (χ4v) is 4.69. The lowest BCUT2D eigenvalue weighted by Gasteiger charge is -2.13. The number of imide groups is 2. The van der Waals surface area contributed by atoms with Gasteiger partial charge in [0.05, 0.1) is 35.3 Å². The van der Waals surface area contributed by atoms with Crippen molar-refractivity contribution in [3.05, 3.63) is 95.1 Å². The van der Waals surface area contributed by atoms with Crippen molar-refractivity contribution in [1.29, 1.82) is 0 Å². The van der Waals surface area contributed by atoms with Gasteiger partial charge in [-0.1, -0.05) is 49.3 Å². The van der Waals surface area contributed by atoms with Gasteiger partial charge in [-0.25, -0.2) is 9.59 Å².